The lowest BCUT2D eigenvalue weighted by Gasteiger charge is -2.09. The molecule has 0 saturated heterocycles. The lowest BCUT2D eigenvalue weighted by Crippen LogP contribution is -2.07. The minimum absolute atomic E-state index is 0.0589. The molecule has 2 aromatic rings. The van der Waals surface area contributed by atoms with Crippen molar-refractivity contribution in [2.45, 2.75) is 6.18 Å². The molecule has 0 unspecified atom stereocenters. The summed E-state index contributed by atoms with van der Waals surface area (Å²) < 4.78 is 37.5. The van der Waals surface area contributed by atoms with Crippen LogP contribution in [0, 0.1) is 0 Å². The quantitative estimate of drug-likeness (QED) is 0.822. The molecular formula is C11H7F3N2O2. The third-order valence-corrected chi connectivity index (χ3v) is 2.44. The van der Waals surface area contributed by atoms with Gasteiger partial charge in [-0.1, -0.05) is 6.07 Å². The number of alkyl halides is 3. The number of halogens is 3. The minimum Gasteiger partial charge on any atom is -0.478 e. The molecule has 0 amide bonds. The Morgan fingerprint density at radius 3 is 2.56 bits per heavy atom. The van der Waals surface area contributed by atoms with Gasteiger partial charge < -0.3 is 10.8 Å². The van der Waals surface area contributed by atoms with E-state index in [2.05, 4.69) is 4.98 Å². The number of nitrogen functional groups attached to an aromatic ring is 1. The largest absolute Gasteiger partial charge is 0.478 e. The first kappa shape index (κ1) is 12.2. The average molecular weight is 256 g/mol. The molecule has 3 N–H and O–H groups in total. The van der Waals surface area contributed by atoms with Crippen molar-refractivity contribution in [1.29, 1.82) is 0 Å². The Kier molecular flexibility index (Phi) is 2.61. The third kappa shape index (κ3) is 1.94. The van der Waals surface area contributed by atoms with Crippen molar-refractivity contribution in [1.82, 2.24) is 4.98 Å². The zero-order valence-corrected chi connectivity index (χ0v) is 8.82. The van der Waals surface area contributed by atoms with Gasteiger partial charge in [0.2, 0.25) is 0 Å². The lowest BCUT2D eigenvalue weighted by atomic mass is 10.1. The number of hydrogen-bond acceptors (Lipinski definition) is 3. The van der Waals surface area contributed by atoms with Crippen LogP contribution in [0.2, 0.25) is 0 Å². The van der Waals surface area contributed by atoms with Crippen LogP contribution in [0.25, 0.3) is 10.9 Å². The summed E-state index contributed by atoms with van der Waals surface area (Å²) in [5.41, 5.74) is 4.17. The predicted octanol–water partition coefficient (Wildman–Crippen LogP) is 2.53. The highest BCUT2D eigenvalue weighted by Crippen LogP contribution is 2.32. The number of fused-ring (bicyclic) bond motifs is 1. The second kappa shape index (κ2) is 3.86. The van der Waals surface area contributed by atoms with E-state index in [1.54, 1.807) is 0 Å². The van der Waals surface area contributed by atoms with Gasteiger partial charge in [-0.25, -0.2) is 4.79 Å². The zero-order chi connectivity index (χ0) is 13.5. The number of hydrogen-bond donors (Lipinski definition) is 2. The van der Waals surface area contributed by atoms with Gasteiger partial charge in [-0.05, 0) is 12.1 Å². The SMILES string of the molecule is Nc1cnc2cc(C(F)(F)F)ccc2c1C(=O)O. The second-order valence-corrected chi connectivity index (χ2v) is 3.62. The van der Waals surface area contributed by atoms with Gasteiger partial charge in [0.05, 0.1) is 28.5 Å². The van der Waals surface area contributed by atoms with Crippen molar-refractivity contribution < 1.29 is 23.1 Å². The van der Waals surface area contributed by atoms with Crippen LogP contribution < -0.4 is 5.73 Å². The summed E-state index contributed by atoms with van der Waals surface area (Å²) >= 11 is 0. The highest BCUT2D eigenvalue weighted by atomic mass is 19.4. The van der Waals surface area contributed by atoms with Crippen molar-refractivity contribution >= 4 is 22.6 Å². The van der Waals surface area contributed by atoms with E-state index in [4.69, 9.17) is 10.8 Å². The summed E-state index contributed by atoms with van der Waals surface area (Å²) in [5, 5.41) is 9.04. The van der Waals surface area contributed by atoms with Crippen LogP contribution >= 0.6 is 0 Å². The zero-order valence-electron chi connectivity index (χ0n) is 8.82. The Balaban J connectivity index is 2.75. The van der Waals surface area contributed by atoms with E-state index in [-0.39, 0.29) is 22.2 Å². The number of carboxylic acids is 1. The molecule has 0 aliphatic heterocycles. The van der Waals surface area contributed by atoms with E-state index in [9.17, 15) is 18.0 Å². The maximum Gasteiger partial charge on any atom is 0.416 e. The normalized spacial score (nSPS) is 11.7. The molecule has 1 heterocycles. The van der Waals surface area contributed by atoms with E-state index < -0.39 is 17.7 Å². The van der Waals surface area contributed by atoms with Crippen LogP contribution in [-0.2, 0) is 6.18 Å². The second-order valence-electron chi connectivity index (χ2n) is 3.62. The summed E-state index contributed by atoms with van der Waals surface area (Å²) in [5.74, 6) is -1.31. The van der Waals surface area contributed by atoms with Crippen LogP contribution in [0.3, 0.4) is 0 Å². The first-order valence-electron chi connectivity index (χ1n) is 4.79. The van der Waals surface area contributed by atoms with Crippen LogP contribution in [0.5, 0.6) is 0 Å². The van der Waals surface area contributed by atoms with Crippen molar-refractivity contribution in [3.8, 4) is 0 Å². The Morgan fingerprint density at radius 1 is 1.33 bits per heavy atom. The van der Waals surface area contributed by atoms with Gasteiger partial charge in [0.25, 0.3) is 0 Å². The molecule has 0 aliphatic rings. The number of anilines is 1. The number of aromatic carboxylic acids is 1. The third-order valence-electron chi connectivity index (χ3n) is 2.44. The number of rotatable bonds is 1. The van der Waals surface area contributed by atoms with Gasteiger partial charge in [0, 0.05) is 5.39 Å². The molecule has 1 aromatic carbocycles. The van der Waals surface area contributed by atoms with Crippen LogP contribution in [0.1, 0.15) is 15.9 Å². The molecule has 0 saturated carbocycles. The Hall–Kier alpha value is -2.31. The number of carboxylic acid groups (broad SMARTS) is 1. The molecule has 0 radical (unpaired) electrons. The van der Waals surface area contributed by atoms with Gasteiger partial charge in [-0.2, -0.15) is 13.2 Å². The maximum absolute atomic E-state index is 12.5. The van der Waals surface area contributed by atoms with Gasteiger partial charge in [0.15, 0.2) is 0 Å². The number of nitrogens with zero attached hydrogens (tertiary/aromatic N) is 1. The summed E-state index contributed by atoms with van der Waals surface area (Å²) in [6, 6.07) is 2.65. The molecule has 7 heteroatoms. The van der Waals surface area contributed by atoms with Gasteiger partial charge in [-0.3, -0.25) is 4.98 Å². The molecule has 0 fully saturated rings. The topological polar surface area (TPSA) is 76.2 Å². The number of nitrogens with two attached hydrogens (primary N) is 1. The average Bonchev–Trinajstić information content (AvgIpc) is 2.26. The summed E-state index contributed by atoms with van der Waals surface area (Å²) in [6.45, 7) is 0. The predicted molar refractivity (Wildman–Crippen MR) is 58.1 cm³/mol. The van der Waals surface area contributed by atoms with Gasteiger partial charge in [0.1, 0.15) is 0 Å². The monoisotopic (exact) mass is 256 g/mol. The van der Waals surface area contributed by atoms with Crippen LogP contribution in [-0.4, -0.2) is 16.1 Å². The fraction of sp³-hybridized carbons (Fsp3) is 0.0909. The Labute approximate surface area is 98.9 Å². The molecule has 0 bridgehead atoms. The molecule has 94 valence electrons. The Morgan fingerprint density at radius 2 is 2.00 bits per heavy atom. The lowest BCUT2D eigenvalue weighted by molar-refractivity contribution is -0.137. The Bertz CT molecular complexity index is 638. The van der Waals surface area contributed by atoms with E-state index >= 15 is 0 Å². The highest BCUT2D eigenvalue weighted by molar-refractivity contribution is 6.07. The molecule has 2 rings (SSSR count). The van der Waals surface area contributed by atoms with E-state index in [1.807, 2.05) is 0 Å². The first-order chi connectivity index (χ1) is 8.30. The van der Waals surface area contributed by atoms with Crippen molar-refractivity contribution in [3.63, 3.8) is 0 Å². The van der Waals surface area contributed by atoms with Gasteiger partial charge >= 0.3 is 12.1 Å². The first-order valence-corrected chi connectivity index (χ1v) is 4.79. The molecule has 4 nitrogen and oxygen atoms in total. The number of aromatic nitrogens is 1. The van der Waals surface area contributed by atoms with Crippen molar-refractivity contribution in [3.05, 3.63) is 35.5 Å². The number of benzene rings is 1. The van der Waals surface area contributed by atoms with E-state index in [0.29, 0.717) is 0 Å². The molecule has 18 heavy (non-hydrogen) atoms. The highest BCUT2D eigenvalue weighted by Gasteiger charge is 2.31. The summed E-state index contributed by atoms with van der Waals surface area (Å²) in [7, 11) is 0. The number of pyridine rings is 1. The van der Waals surface area contributed by atoms with Gasteiger partial charge in [-0.15, -0.1) is 0 Å². The molecule has 0 spiro atoms. The van der Waals surface area contributed by atoms with Crippen LogP contribution in [0.15, 0.2) is 24.4 Å². The fourth-order valence-electron chi connectivity index (χ4n) is 1.62. The fourth-order valence-corrected chi connectivity index (χ4v) is 1.62. The molecule has 0 aliphatic carbocycles. The van der Waals surface area contributed by atoms with E-state index in [0.717, 1.165) is 24.4 Å². The molecular weight excluding hydrogens is 249 g/mol. The summed E-state index contributed by atoms with van der Waals surface area (Å²) in [4.78, 5) is 14.7. The molecule has 0 atom stereocenters. The van der Waals surface area contributed by atoms with Crippen LogP contribution in [0.4, 0.5) is 18.9 Å². The number of carbonyl (C=O) groups is 1. The minimum atomic E-state index is -4.50. The van der Waals surface area contributed by atoms with E-state index in [1.165, 1.54) is 0 Å². The smallest absolute Gasteiger partial charge is 0.416 e. The standard InChI is InChI=1S/C11H7F3N2O2/c12-11(13,14)5-1-2-6-8(3-5)16-4-7(15)9(6)10(17)18/h1-4H,15H2,(H,17,18). The molecule has 1 aromatic heterocycles. The van der Waals surface area contributed by atoms with Crippen molar-refractivity contribution in [2.24, 2.45) is 0 Å². The maximum atomic E-state index is 12.5. The van der Waals surface area contributed by atoms with Crippen molar-refractivity contribution in [2.75, 3.05) is 5.73 Å². The summed E-state index contributed by atoms with van der Waals surface area (Å²) in [6.07, 6.45) is -3.47.